The molecule has 0 rings (SSSR count). The Morgan fingerprint density at radius 1 is 0.609 bits per heavy atom. The monoisotopic (exact) mass is 939 g/mol. The van der Waals surface area contributed by atoms with Crippen LogP contribution in [0.2, 0.25) is 0 Å². The van der Waals surface area contributed by atoms with Crippen molar-refractivity contribution in [1.82, 2.24) is 31.9 Å². The lowest BCUT2D eigenvalue weighted by molar-refractivity contribution is -0.142. The fraction of sp³-hybridized carbons (Fsp3) is 0.706. The van der Waals surface area contributed by atoms with E-state index in [-0.39, 0.29) is 70.1 Å². The average molecular weight is 940 g/mol. The van der Waals surface area contributed by atoms with E-state index in [1.807, 2.05) is 0 Å². The molecule has 64 heavy (non-hydrogen) atoms. The van der Waals surface area contributed by atoms with Crippen molar-refractivity contribution in [3.05, 3.63) is 0 Å². The van der Waals surface area contributed by atoms with E-state index in [2.05, 4.69) is 46.4 Å². The third-order valence-corrected chi connectivity index (χ3v) is 9.53. The van der Waals surface area contributed by atoms with Gasteiger partial charge in [0.2, 0.25) is 41.4 Å². The number of phosphoric acid groups is 1. The number of primary amides is 1. The maximum Gasteiger partial charge on any atom is 0.469 e. The lowest BCUT2D eigenvalue weighted by atomic mass is 10.0. The molecule has 30 heteroatoms. The summed E-state index contributed by atoms with van der Waals surface area (Å²) in [6.45, 7) is 3.69. The number of carboxylic acids is 1. The first-order chi connectivity index (χ1) is 29.7. The van der Waals surface area contributed by atoms with Crippen molar-refractivity contribution < 1.29 is 67.4 Å². The molecule has 0 fully saturated rings. The van der Waals surface area contributed by atoms with Gasteiger partial charge in [-0.05, 0) is 78.7 Å². The number of nitrogens with one attached hydrogen (secondary N) is 6. The summed E-state index contributed by atoms with van der Waals surface area (Å²) < 4.78 is 16.4. The number of nitrogens with two attached hydrogens (primary N) is 7. The van der Waals surface area contributed by atoms with Crippen LogP contribution in [0.1, 0.15) is 78.6 Å². The van der Waals surface area contributed by atoms with Gasteiger partial charge in [0.1, 0.15) is 36.3 Å². The van der Waals surface area contributed by atoms with Crippen LogP contribution in [0.15, 0.2) is 9.98 Å². The number of aliphatic hydroxyl groups is 1. The van der Waals surface area contributed by atoms with Gasteiger partial charge in [0.15, 0.2) is 11.9 Å². The lowest BCUT2D eigenvalue weighted by Crippen LogP contribution is -2.62. The van der Waals surface area contributed by atoms with Crippen LogP contribution < -0.4 is 72.0 Å². The number of hydrogen-bond acceptors (Lipinski definition) is 15. The number of carboxylic acid groups (broad SMARTS) is 1. The Hall–Kier alpha value is -5.71. The van der Waals surface area contributed by atoms with Crippen molar-refractivity contribution in [3.8, 4) is 0 Å². The standard InChI is InChI=1S/C34H66N15O14P/c1-16(26(52)47-22(32(58)59)10-7-15-43-34(40)41)44-30(56)24(17(2)50)48-29(55)21(11-12-23(37)51)45-28(54)20(9-4-5-13-35)46-31(57)25(18(3)63-64(60,61)62)49-27(53)19(36)8-6-14-42-33(38)39/h16-22,24-25,50H,4-15,35-36H2,1-3H3,(H2,37,51)(H,44,56)(H,45,54)(H,46,57)(H,47,52)(H,48,55)(H,49,53)(H,58,59)(H4,38,39,42)(H4,40,41,43)(H2,60,61,62)/t16-,17+,18+,19-,20-,21-,22-,24-,25-/m0/s1. The highest BCUT2D eigenvalue weighted by Gasteiger charge is 2.37. The summed E-state index contributed by atoms with van der Waals surface area (Å²) in [6, 6.07) is -11.0. The van der Waals surface area contributed by atoms with E-state index in [0.717, 1.165) is 13.8 Å². The molecule has 0 unspecified atom stereocenters. The summed E-state index contributed by atoms with van der Waals surface area (Å²) in [4.78, 5) is 130. The molecule has 0 heterocycles. The Morgan fingerprint density at radius 3 is 1.58 bits per heavy atom. The number of hydrogen-bond donors (Lipinski definition) is 17. The maximum absolute atomic E-state index is 13.8. The lowest BCUT2D eigenvalue weighted by Gasteiger charge is -2.29. The molecule has 24 N–H and O–H groups in total. The Balaban J connectivity index is 6.35. The first-order valence-electron chi connectivity index (χ1n) is 20.0. The van der Waals surface area contributed by atoms with Crippen LogP contribution in [-0.2, 0) is 47.4 Å². The second-order valence-corrected chi connectivity index (χ2v) is 15.8. The molecule has 366 valence electrons. The van der Waals surface area contributed by atoms with Crippen LogP contribution >= 0.6 is 7.82 Å². The first kappa shape index (κ1) is 58.3. The highest BCUT2D eigenvalue weighted by Crippen LogP contribution is 2.38. The number of rotatable bonds is 32. The number of aliphatic imine (C=N–C) groups is 2. The summed E-state index contributed by atoms with van der Waals surface area (Å²) >= 11 is 0. The van der Waals surface area contributed by atoms with Crippen molar-refractivity contribution in [2.24, 2.45) is 50.1 Å². The van der Waals surface area contributed by atoms with Gasteiger partial charge in [-0.15, -0.1) is 0 Å². The molecule has 0 radical (unpaired) electrons. The highest BCUT2D eigenvalue weighted by atomic mass is 31.2. The molecular weight excluding hydrogens is 873 g/mol. The normalized spacial score (nSPS) is 15.4. The number of nitrogens with zero attached hydrogens (tertiary/aromatic N) is 2. The van der Waals surface area contributed by atoms with E-state index in [1.54, 1.807) is 0 Å². The van der Waals surface area contributed by atoms with Gasteiger partial charge in [0.05, 0.1) is 18.2 Å². The van der Waals surface area contributed by atoms with E-state index < -0.39 is 122 Å². The molecule has 0 aromatic heterocycles. The zero-order chi connectivity index (χ0) is 49.3. The van der Waals surface area contributed by atoms with Gasteiger partial charge in [-0.2, -0.15) is 0 Å². The van der Waals surface area contributed by atoms with Crippen molar-refractivity contribution in [1.29, 1.82) is 0 Å². The molecule has 0 aliphatic rings. The van der Waals surface area contributed by atoms with E-state index in [0.29, 0.717) is 6.42 Å². The number of carbonyl (C=O) groups is 8. The predicted octanol–water partition coefficient (Wildman–Crippen LogP) is -7.29. The summed E-state index contributed by atoms with van der Waals surface area (Å²) in [7, 11) is -5.26. The number of phosphoric ester groups is 1. The van der Waals surface area contributed by atoms with Crippen LogP contribution in [-0.4, -0.2) is 153 Å². The summed E-state index contributed by atoms with van der Waals surface area (Å²) in [5, 5.41) is 33.8. The van der Waals surface area contributed by atoms with Crippen LogP contribution in [0.25, 0.3) is 0 Å². The van der Waals surface area contributed by atoms with Crippen molar-refractivity contribution in [3.63, 3.8) is 0 Å². The van der Waals surface area contributed by atoms with Gasteiger partial charge in [-0.3, -0.25) is 48.1 Å². The van der Waals surface area contributed by atoms with Crippen molar-refractivity contribution in [2.75, 3.05) is 19.6 Å². The Bertz CT molecular complexity index is 1690. The first-order valence-corrected chi connectivity index (χ1v) is 21.5. The van der Waals surface area contributed by atoms with Crippen LogP contribution in [0.3, 0.4) is 0 Å². The van der Waals surface area contributed by atoms with Gasteiger partial charge in [-0.1, -0.05) is 0 Å². The summed E-state index contributed by atoms with van der Waals surface area (Å²) in [5.41, 5.74) is 37.9. The molecule has 0 saturated heterocycles. The largest absolute Gasteiger partial charge is 0.480 e. The van der Waals surface area contributed by atoms with Crippen molar-refractivity contribution >= 4 is 67.1 Å². The number of aliphatic hydroxyl groups excluding tert-OH is 1. The summed E-state index contributed by atoms with van der Waals surface area (Å²) in [5.74, 6) is -9.12. The number of unbranched alkanes of at least 4 members (excludes halogenated alkanes) is 1. The zero-order valence-electron chi connectivity index (χ0n) is 35.9. The van der Waals surface area contributed by atoms with Crippen LogP contribution in [0, 0.1) is 0 Å². The number of carbonyl (C=O) groups excluding carboxylic acids is 7. The third kappa shape index (κ3) is 24.8. The summed E-state index contributed by atoms with van der Waals surface area (Å²) in [6.07, 6.45) is -3.66. The minimum Gasteiger partial charge on any atom is -0.480 e. The van der Waals surface area contributed by atoms with Gasteiger partial charge in [0, 0.05) is 19.5 Å². The molecule has 0 saturated carbocycles. The minimum atomic E-state index is -5.26. The Labute approximate surface area is 368 Å². The second-order valence-electron chi connectivity index (χ2n) is 14.6. The van der Waals surface area contributed by atoms with E-state index >= 15 is 0 Å². The van der Waals surface area contributed by atoms with Crippen LogP contribution in [0.4, 0.5) is 0 Å². The maximum atomic E-state index is 13.8. The van der Waals surface area contributed by atoms with Crippen LogP contribution in [0.5, 0.6) is 0 Å². The fourth-order valence-corrected chi connectivity index (χ4v) is 6.08. The smallest absolute Gasteiger partial charge is 0.469 e. The number of guanidine groups is 2. The third-order valence-electron chi connectivity index (χ3n) is 8.92. The predicted molar refractivity (Wildman–Crippen MR) is 228 cm³/mol. The van der Waals surface area contributed by atoms with E-state index in [9.17, 15) is 62.9 Å². The molecule has 0 spiro atoms. The number of aliphatic carboxylic acids is 1. The Kier molecular flexibility index (Phi) is 27.0. The topological polar surface area (TPSA) is 523 Å². The Morgan fingerprint density at radius 2 is 1.08 bits per heavy atom. The van der Waals surface area contributed by atoms with Gasteiger partial charge in [0.25, 0.3) is 0 Å². The second kappa shape index (κ2) is 29.6. The molecule has 0 aliphatic carbocycles. The molecule has 0 aromatic carbocycles. The van der Waals surface area contributed by atoms with E-state index in [4.69, 9.17) is 40.1 Å². The molecule has 29 nitrogen and oxygen atoms in total. The van der Waals surface area contributed by atoms with Crippen molar-refractivity contribution in [2.45, 2.75) is 133 Å². The van der Waals surface area contributed by atoms with E-state index in [1.165, 1.54) is 6.92 Å². The zero-order valence-corrected chi connectivity index (χ0v) is 36.8. The average Bonchev–Trinajstić information content (AvgIpc) is 3.17. The highest BCUT2D eigenvalue weighted by molar-refractivity contribution is 7.46. The van der Waals surface area contributed by atoms with Gasteiger partial charge < -0.3 is 92.0 Å². The molecule has 0 aromatic rings. The molecule has 0 aliphatic heterocycles. The SMILES string of the molecule is C[C@H](NC(=O)[C@@H](NC(=O)[C@H](CCC(N)=O)NC(=O)[C@H](CCCCN)NC(=O)[C@@H](NC(=O)[C@@H](N)CCCN=C(N)N)[C@@H](C)OP(=O)(O)O)[C@@H](C)O)C(=O)N[C@@H](CCCN=C(N)N)C(=O)O. The fourth-order valence-electron chi connectivity index (χ4n) is 5.52. The molecular formula is C34H66N15O14P. The number of amides is 7. The molecule has 0 bridgehead atoms. The molecule has 7 amide bonds. The quantitative estimate of drug-likeness (QED) is 0.0129. The van der Waals surface area contributed by atoms with Gasteiger partial charge >= 0.3 is 13.8 Å². The van der Waals surface area contributed by atoms with Gasteiger partial charge in [-0.25, -0.2) is 9.36 Å². The molecule has 9 atom stereocenters. The minimum absolute atomic E-state index is 0.00630.